The topological polar surface area (TPSA) is 81.1 Å². The van der Waals surface area contributed by atoms with Crippen LogP contribution in [0.2, 0.25) is 0 Å². The van der Waals surface area contributed by atoms with Gasteiger partial charge in [0.1, 0.15) is 5.82 Å². The first-order valence-electron chi connectivity index (χ1n) is 5.70. The molecule has 0 saturated heterocycles. The summed E-state index contributed by atoms with van der Waals surface area (Å²) in [7, 11) is 0. The molecule has 0 atom stereocenters. The van der Waals surface area contributed by atoms with Gasteiger partial charge >= 0.3 is 0 Å². The number of anilines is 3. The molecular formula is C14H14FN3O. The molecule has 0 heterocycles. The summed E-state index contributed by atoms with van der Waals surface area (Å²) in [6.07, 6.45) is 0. The van der Waals surface area contributed by atoms with Crippen molar-refractivity contribution in [1.29, 1.82) is 0 Å². The quantitative estimate of drug-likeness (QED) is 0.741. The normalized spacial score (nSPS) is 10.2. The van der Waals surface area contributed by atoms with Crippen molar-refractivity contribution in [2.45, 2.75) is 6.92 Å². The van der Waals surface area contributed by atoms with E-state index in [-0.39, 0.29) is 11.4 Å². The monoisotopic (exact) mass is 259 g/mol. The van der Waals surface area contributed by atoms with Gasteiger partial charge in [0.05, 0.1) is 5.56 Å². The second-order valence-electron chi connectivity index (χ2n) is 4.20. The van der Waals surface area contributed by atoms with Gasteiger partial charge in [-0.15, -0.1) is 0 Å². The van der Waals surface area contributed by atoms with Gasteiger partial charge in [0.25, 0.3) is 5.91 Å². The predicted octanol–water partition coefficient (Wildman–Crippen LogP) is 2.56. The minimum absolute atomic E-state index is 0.235. The van der Waals surface area contributed by atoms with E-state index in [1.807, 2.05) is 0 Å². The Kier molecular flexibility index (Phi) is 3.37. The first kappa shape index (κ1) is 12.9. The van der Waals surface area contributed by atoms with Gasteiger partial charge in [-0.2, -0.15) is 0 Å². The number of nitrogens with two attached hydrogens (primary N) is 2. The molecule has 0 unspecified atom stereocenters. The minimum atomic E-state index is -0.600. The molecule has 2 aromatic carbocycles. The molecule has 0 saturated carbocycles. The number of primary amides is 1. The number of rotatable bonds is 3. The average molecular weight is 259 g/mol. The molecule has 0 fully saturated rings. The molecule has 98 valence electrons. The fourth-order valence-electron chi connectivity index (χ4n) is 1.75. The van der Waals surface area contributed by atoms with Crippen molar-refractivity contribution < 1.29 is 9.18 Å². The largest absolute Gasteiger partial charge is 0.398 e. The number of hydrogen-bond acceptors (Lipinski definition) is 3. The molecule has 2 rings (SSSR count). The molecule has 5 heteroatoms. The van der Waals surface area contributed by atoms with Gasteiger partial charge in [0, 0.05) is 22.6 Å². The Morgan fingerprint density at radius 1 is 1.26 bits per heavy atom. The second kappa shape index (κ2) is 4.97. The number of nitrogen functional groups attached to an aromatic ring is 1. The van der Waals surface area contributed by atoms with E-state index in [1.165, 1.54) is 6.07 Å². The molecule has 5 N–H and O–H groups in total. The summed E-state index contributed by atoms with van der Waals surface area (Å²) in [6.45, 7) is 1.67. The lowest BCUT2D eigenvalue weighted by Gasteiger charge is -2.11. The summed E-state index contributed by atoms with van der Waals surface area (Å²) in [5.41, 5.74) is 13.2. The van der Waals surface area contributed by atoms with Gasteiger partial charge in [0.15, 0.2) is 0 Å². The maximum absolute atomic E-state index is 13.4. The van der Waals surface area contributed by atoms with Crippen LogP contribution >= 0.6 is 0 Å². The predicted molar refractivity (Wildman–Crippen MR) is 73.8 cm³/mol. The third-order valence-electron chi connectivity index (χ3n) is 2.87. The molecule has 0 aromatic heterocycles. The maximum atomic E-state index is 13.4. The van der Waals surface area contributed by atoms with E-state index in [9.17, 15) is 9.18 Å². The number of carbonyl (C=O) groups excluding carboxylic acids is 1. The minimum Gasteiger partial charge on any atom is -0.398 e. The Labute approximate surface area is 110 Å². The number of nitrogens with one attached hydrogen (secondary N) is 1. The number of hydrogen-bond donors (Lipinski definition) is 3. The molecule has 0 aliphatic rings. The molecule has 0 aliphatic heterocycles. The van der Waals surface area contributed by atoms with Crippen molar-refractivity contribution in [2.75, 3.05) is 11.1 Å². The smallest absolute Gasteiger partial charge is 0.250 e. The summed E-state index contributed by atoms with van der Waals surface area (Å²) >= 11 is 0. The lowest BCUT2D eigenvalue weighted by molar-refractivity contribution is 0.100. The van der Waals surface area contributed by atoms with Crippen LogP contribution in [-0.4, -0.2) is 5.91 Å². The fourth-order valence-corrected chi connectivity index (χ4v) is 1.75. The van der Waals surface area contributed by atoms with Gasteiger partial charge < -0.3 is 16.8 Å². The van der Waals surface area contributed by atoms with Crippen LogP contribution in [0.3, 0.4) is 0 Å². The Balaban J connectivity index is 2.36. The molecule has 0 radical (unpaired) electrons. The molecule has 19 heavy (non-hydrogen) atoms. The van der Waals surface area contributed by atoms with Crippen LogP contribution in [0.5, 0.6) is 0 Å². The summed E-state index contributed by atoms with van der Waals surface area (Å²) in [4.78, 5) is 11.2. The highest BCUT2D eigenvalue weighted by atomic mass is 19.1. The molecule has 0 spiro atoms. The van der Waals surface area contributed by atoms with E-state index in [1.54, 1.807) is 37.3 Å². The van der Waals surface area contributed by atoms with E-state index in [0.29, 0.717) is 22.6 Å². The molecular weight excluding hydrogens is 245 g/mol. The van der Waals surface area contributed by atoms with Crippen LogP contribution in [0.15, 0.2) is 36.4 Å². The summed E-state index contributed by atoms with van der Waals surface area (Å²) in [5.74, 6) is -0.896. The third kappa shape index (κ3) is 2.65. The van der Waals surface area contributed by atoms with E-state index in [2.05, 4.69) is 5.32 Å². The first-order valence-corrected chi connectivity index (χ1v) is 5.70. The van der Waals surface area contributed by atoms with Gasteiger partial charge in [-0.1, -0.05) is 6.07 Å². The Hall–Kier alpha value is -2.56. The molecule has 0 bridgehead atoms. The second-order valence-corrected chi connectivity index (χ2v) is 4.20. The zero-order valence-corrected chi connectivity index (χ0v) is 10.4. The van der Waals surface area contributed by atoms with E-state index < -0.39 is 5.91 Å². The molecule has 0 aliphatic carbocycles. The average Bonchev–Trinajstić information content (AvgIpc) is 2.37. The van der Waals surface area contributed by atoms with E-state index in [4.69, 9.17) is 11.5 Å². The zero-order valence-electron chi connectivity index (χ0n) is 10.4. The lowest BCUT2D eigenvalue weighted by atomic mass is 10.1. The van der Waals surface area contributed by atoms with Crippen molar-refractivity contribution in [1.82, 2.24) is 0 Å². The third-order valence-corrected chi connectivity index (χ3v) is 2.87. The molecule has 1 amide bonds. The summed E-state index contributed by atoms with van der Waals surface area (Å²) in [6, 6.07) is 9.57. The van der Waals surface area contributed by atoms with Gasteiger partial charge in [-0.25, -0.2) is 4.39 Å². The first-order chi connectivity index (χ1) is 8.99. The maximum Gasteiger partial charge on any atom is 0.250 e. The Bertz CT molecular complexity index is 641. The van der Waals surface area contributed by atoms with Crippen LogP contribution in [0.25, 0.3) is 0 Å². The SMILES string of the molecule is Cc1c(F)cccc1Nc1ccc(N)c(C(N)=O)c1. The highest BCUT2D eigenvalue weighted by Gasteiger charge is 2.08. The molecule has 4 nitrogen and oxygen atoms in total. The fraction of sp³-hybridized carbons (Fsp3) is 0.0714. The highest BCUT2D eigenvalue weighted by Crippen LogP contribution is 2.24. The Morgan fingerprint density at radius 2 is 2.00 bits per heavy atom. The molecule has 2 aromatic rings. The van der Waals surface area contributed by atoms with Crippen LogP contribution < -0.4 is 16.8 Å². The highest BCUT2D eigenvalue weighted by molar-refractivity contribution is 5.99. The number of halogens is 1. The lowest BCUT2D eigenvalue weighted by Crippen LogP contribution is -2.13. The van der Waals surface area contributed by atoms with Crippen LogP contribution in [-0.2, 0) is 0 Å². The van der Waals surface area contributed by atoms with Crippen molar-refractivity contribution in [3.05, 3.63) is 53.3 Å². The van der Waals surface area contributed by atoms with Crippen LogP contribution in [0.1, 0.15) is 15.9 Å². The van der Waals surface area contributed by atoms with Crippen molar-refractivity contribution in [2.24, 2.45) is 5.73 Å². The van der Waals surface area contributed by atoms with Crippen molar-refractivity contribution in [3.8, 4) is 0 Å². The van der Waals surface area contributed by atoms with E-state index >= 15 is 0 Å². The summed E-state index contributed by atoms with van der Waals surface area (Å²) in [5, 5.41) is 3.03. The number of benzene rings is 2. The van der Waals surface area contributed by atoms with Crippen molar-refractivity contribution >= 4 is 23.0 Å². The standard InChI is InChI=1S/C14H14FN3O/c1-8-11(15)3-2-4-13(8)18-9-5-6-12(16)10(7-9)14(17)19/h2-7,18H,16H2,1H3,(H2,17,19). The van der Waals surface area contributed by atoms with Crippen molar-refractivity contribution in [3.63, 3.8) is 0 Å². The number of amides is 1. The zero-order chi connectivity index (χ0) is 14.0. The number of carbonyl (C=O) groups is 1. The van der Waals surface area contributed by atoms with Crippen LogP contribution in [0, 0.1) is 12.7 Å². The Morgan fingerprint density at radius 3 is 2.68 bits per heavy atom. The summed E-state index contributed by atoms with van der Waals surface area (Å²) < 4.78 is 13.4. The van der Waals surface area contributed by atoms with Gasteiger partial charge in [-0.05, 0) is 37.3 Å². The van der Waals surface area contributed by atoms with E-state index in [0.717, 1.165) is 0 Å². The van der Waals surface area contributed by atoms with Gasteiger partial charge in [0.2, 0.25) is 0 Å². The van der Waals surface area contributed by atoms with Gasteiger partial charge in [-0.3, -0.25) is 4.79 Å². The van der Waals surface area contributed by atoms with Crippen LogP contribution in [0.4, 0.5) is 21.5 Å².